The molecule has 0 aliphatic heterocycles. The molecule has 0 saturated carbocycles. The van der Waals surface area contributed by atoms with Crippen molar-refractivity contribution in [3.8, 4) is 0 Å². The predicted octanol–water partition coefficient (Wildman–Crippen LogP) is 3.46. The van der Waals surface area contributed by atoms with E-state index in [2.05, 4.69) is 45.6 Å². The van der Waals surface area contributed by atoms with Gasteiger partial charge in [0, 0.05) is 5.41 Å². The topological polar surface area (TPSA) is 0 Å². The van der Waals surface area contributed by atoms with Gasteiger partial charge in [0.25, 0.3) is 0 Å². The number of rotatable bonds is 2. The van der Waals surface area contributed by atoms with Gasteiger partial charge in [-0.3, -0.25) is 0 Å². The van der Waals surface area contributed by atoms with Crippen molar-refractivity contribution >= 4 is 0 Å². The first kappa shape index (κ1) is 8.36. The third-order valence-corrected chi connectivity index (χ3v) is 2.75. The van der Waals surface area contributed by atoms with Crippen molar-refractivity contribution in [3.63, 3.8) is 0 Å². The summed E-state index contributed by atoms with van der Waals surface area (Å²) in [4.78, 5) is 0. The average Bonchev–Trinajstić information content (AvgIpc) is 2.04. The Morgan fingerprint density at radius 2 is 2.36 bits per heavy atom. The third kappa shape index (κ3) is 1.08. The molecule has 0 aromatic heterocycles. The van der Waals surface area contributed by atoms with Crippen LogP contribution in [0.25, 0.3) is 0 Å². The summed E-state index contributed by atoms with van der Waals surface area (Å²) in [7, 11) is 0. The summed E-state index contributed by atoms with van der Waals surface area (Å²) < 4.78 is 0. The zero-order valence-electron chi connectivity index (χ0n) is 7.86. The molecule has 0 bridgehead atoms. The molecule has 0 radical (unpaired) electrons. The Morgan fingerprint density at radius 3 is 2.45 bits per heavy atom. The van der Waals surface area contributed by atoms with Crippen molar-refractivity contribution in [3.05, 3.63) is 29.0 Å². The van der Waals surface area contributed by atoms with E-state index >= 15 is 0 Å². The largest absolute Gasteiger partial charge is 0.124 e. The Hall–Kier alpha value is -0.740. The zero-order chi connectivity index (χ0) is 8.48. The van der Waals surface area contributed by atoms with E-state index in [-0.39, 0.29) is 5.41 Å². The second kappa shape index (κ2) is 2.71. The van der Waals surface area contributed by atoms with Crippen LogP contribution in [0.1, 0.15) is 34.1 Å². The van der Waals surface area contributed by atoms with E-state index in [1.807, 2.05) is 0 Å². The van der Waals surface area contributed by atoms with Crippen LogP contribution in [0.5, 0.6) is 0 Å². The van der Waals surface area contributed by atoms with Crippen LogP contribution in [0.3, 0.4) is 0 Å². The Balaban J connectivity index is 2.86. The lowest BCUT2D eigenvalue weighted by molar-refractivity contribution is 0.567. The second-order valence-electron chi connectivity index (χ2n) is 3.28. The molecule has 0 saturated heterocycles. The van der Waals surface area contributed by atoms with Gasteiger partial charge in [0.1, 0.15) is 0 Å². The second-order valence-corrected chi connectivity index (χ2v) is 3.28. The monoisotopic (exact) mass is 148 g/mol. The zero-order valence-corrected chi connectivity index (χ0v) is 7.86. The van der Waals surface area contributed by atoms with E-state index in [0.29, 0.717) is 0 Å². The van der Waals surface area contributed by atoms with Gasteiger partial charge in [-0.2, -0.15) is 0 Å². The fourth-order valence-electron chi connectivity index (χ4n) is 1.64. The van der Waals surface area contributed by atoms with Gasteiger partial charge in [-0.15, -0.1) is 5.73 Å². The summed E-state index contributed by atoms with van der Waals surface area (Å²) in [6.07, 6.45) is 5.53. The van der Waals surface area contributed by atoms with Crippen molar-refractivity contribution in [2.75, 3.05) is 0 Å². The summed E-state index contributed by atoms with van der Waals surface area (Å²) in [5.74, 6) is 0. The quantitative estimate of drug-likeness (QED) is 0.415. The minimum Gasteiger partial charge on any atom is -0.124 e. The van der Waals surface area contributed by atoms with Crippen LogP contribution in [0.2, 0.25) is 0 Å². The average molecular weight is 148 g/mol. The molecule has 0 nitrogen and oxygen atoms in total. The minimum absolute atomic E-state index is 0.240. The van der Waals surface area contributed by atoms with Crippen molar-refractivity contribution in [1.82, 2.24) is 0 Å². The molecular formula is C11H16. The maximum atomic E-state index is 3.20. The van der Waals surface area contributed by atoms with Crippen LogP contribution in [0.4, 0.5) is 0 Å². The van der Waals surface area contributed by atoms with Crippen LogP contribution in [-0.2, 0) is 0 Å². The lowest BCUT2D eigenvalue weighted by atomic mass is 9.70. The Kier molecular flexibility index (Phi) is 2.06. The number of hydrogen-bond acceptors (Lipinski definition) is 0. The Bertz CT molecular complexity index is 249. The van der Waals surface area contributed by atoms with Crippen LogP contribution in [0.15, 0.2) is 29.0 Å². The molecule has 60 valence electrons. The van der Waals surface area contributed by atoms with E-state index in [4.69, 9.17) is 0 Å². The van der Waals surface area contributed by atoms with Crippen molar-refractivity contribution in [2.24, 2.45) is 5.41 Å². The smallest absolute Gasteiger partial charge is 0.0418 e. The number of hydrogen-bond donors (Lipinski definition) is 0. The van der Waals surface area contributed by atoms with Crippen LogP contribution in [0, 0.1) is 5.41 Å². The molecule has 0 N–H and O–H groups in total. The molecule has 1 rings (SSSR count). The fraction of sp³-hybridized carbons (Fsp3) is 0.545. The number of allylic oxidation sites excluding steroid dienone is 3. The highest BCUT2D eigenvalue weighted by molar-refractivity contribution is 5.39. The lowest BCUT2D eigenvalue weighted by Crippen LogP contribution is -2.21. The SMILES string of the molecule is CC=C(CC)C1(C)C=C=C1C. The predicted molar refractivity (Wildman–Crippen MR) is 49.4 cm³/mol. The van der Waals surface area contributed by atoms with Crippen molar-refractivity contribution < 1.29 is 0 Å². The first-order valence-electron chi connectivity index (χ1n) is 4.25. The normalized spacial score (nSPS) is 29.8. The molecule has 1 aliphatic carbocycles. The van der Waals surface area contributed by atoms with Crippen LogP contribution in [-0.4, -0.2) is 0 Å². The molecule has 0 fully saturated rings. The molecule has 11 heavy (non-hydrogen) atoms. The summed E-state index contributed by atoms with van der Waals surface area (Å²) in [5.41, 5.74) is 6.31. The maximum Gasteiger partial charge on any atom is 0.0418 e. The van der Waals surface area contributed by atoms with Gasteiger partial charge in [-0.25, -0.2) is 0 Å². The van der Waals surface area contributed by atoms with Gasteiger partial charge in [-0.1, -0.05) is 18.6 Å². The summed E-state index contributed by atoms with van der Waals surface area (Å²) in [5, 5.41) is 0. The summed E-state index contributed by atoms with van der Waals surface area (Å²) in [6, 6.07) is 0. The van der Waals surface area contributed by atoms with E-state index in [9.17, 15) is 0 Å². The highest BCUT2D eigenvalue weighted by Gasteiger charge is 2.30. The van der Waals surface area contributed by atoms with Gasteiger partial charge >= 0.3 is 0 Å². The molecule has 0 aromatic rings. The molecule has 0 spiro atoms. The van der Waals surface area contributed by atoms with Crippen molar-refractivity contribution in [2.45, 2.75) is 34.1 Å². The molecule has 0 aromatic carbocycles. The van der Waals surface area contributed by atoms with E-state index < -0.39 is 0 Å². The molecule has 1 unspecified atom stereocenters. The standard InChI is InChI=1S/C11H16/c1-5-10(6-2)11(4)8-7-9(11)3/h5,8H,6H2,1-4H3. The molecule has 0 heterocycles. The highest BCUT2D eigenvalue weighted by Crippen LogP contribution is 2.42. The molecule has 0 amide bonds. The van der Waals surface area contributed by atoms with Crippen LogP contribution < -0.4 is 0 Å². The van der Waals surface area contributed by atoms with Gasteiger partial charge < -0.3 is 0 Å². The molecule has 1 aliphatic rings. The van der Waals surface area contributed by atoms with Gasteiger partial charge in [0.2, 0.25) is 0 Å². The minimum atomic E-state index is 0.240. The lowest BCUT2D eigenvalue weighted by Gasteiger charge is -2.33. The molecule has 1 atom stereocenters. The first-order chi connectivity index (χ1) is 5.15. The van der Waals surface area contributed by atoms with Gasteiger partial charge in [0.15, 0.2) is 0 Å². The molecular weight excluding hydrogens is 132 g/mol. The van der Waals surface area contributed by atoms with Gasteiger partial charge in [0.05, 0.1) is 0 Å². The van der Waals surface area contributed by atoms with E-state index in [1.54, 1.807) is 0 Å². The Morgan fingerprint density at radius 1 is 1.73 bits per heavy atom. The highest BCUT2D eigenvalue weighted by atomic mass is 14.3. The molecule has 0 heteroatoms. The van der Waals surface area contributed by atoms with E-state index in [1.165, 1.54) is 11.1 Å². The van der Waals surface area contributed by atoms with Crippen molar-refractivity contribution in [1.29, 1.82) is 0 Å². The Labute approximate surface area is 69.3 Å². The summed E-state index contributed by atoms with van der Waals surface area (Å²) >= 11 is 0. The maximum absolute atomic E-state index is 3.20. The summed E-state index contributed by atoms with van der Waals surface area (Å²) in [6.45, 7) is 8.74. The van der Waals surface area contributed by atoms with Crippen LogP contribution >= 0.6 is 0 Å². The van der Waals surface area contributed by atoms with Gasteiger partial charge in [-0.05, 0) is 38.8 Å². The van der Waals surface area contributed by atoms with E-state index in [0.717, 1.165) is 6.42 Å². The fourth-order valence-corrected chi connectivity index (χ4v) is 1.64. The third-order valence-electron chi connectivity index (χ3n) is 2.75. The first-order valence-corrected chi connectivity index (χ1v) is 4.25.